The zero-order valence-electron chi connectivity index (χ0n) is 11.4. The lowest BCUT2D eigenvalue weighted by Crippen LogP contribution is -2.11. The number of carbonyl (C=O) groups excluding carboxylic acids is 1. The Bertz CT molecular complexity index is 799. The van der Waals surface area contributed by atoms with Gasteiger partial charge in [-0.05, 0) is 42.0 Å². The Labute approximate surface area is 122 Å². The fraction of sp³-hybridized carbons (Fsp3) is 0.0588. The number of fused-ring (bicyclic) bond motifs is 1. The number of hydrogen-bond acceptors (Lipinski definition) is 3. The van der Waals surface area contributed by atoms with Gasteiger partial charge in [0.05, 0.1) is 5.52 Å². The van der Waals surface area contributed by atoms with E-state index < -0.39 is 5.91 Å². The van der Waals surface area contributed by atoms with Gasteiger partial charge in [-0.2, -0.15) is 0 Å². The van der Waals surface area contributed by atoms with Crippen molar-refractivity contribution in [3.8, 4) is 0 Å². The van der Waals surface area contributed by atoms with Crippen molar-refractivity contribution >= 4 is 22.5 Å². The highest BCUT2D eigenvalue weighted by Crippen LogP contribution is 2.16. The Hall–Kier alpha value is -2.88. The van der Waals surface area contributed by atoms with Crippen molar-refractivity contribution in [3.63, 3.8) is 0 Å². The molecule has 0 bridgehead atoms. The summed E-state index contributed by atoms with van der Waals surface area (Å²) in [5, 5.41) is 4.41. The zero-order valence-corrected chi connectivity index (χ0v) is 11.4. The van der Waals surface area contributed by atoms with Gasteiger partial charge in [-0.1, -0.05) is 18.2 Å². The molecule has 0 saturated carbocycles. The van der Waals surface area contributed by atoms with Crippen LogP contribution in [0.4, 0.5) is 5.69 Å². The standard InChI is InChI=1S/C17H15N3O/c18-17(21)14-3-1-5-15(10-14)20-11-12-6-7-16-13(9-12)4-2-8-19-16/h1-10,20H,11H2,(H2,18,21). The van der Waals surface area contributed by atoms with E-state index in [1.54, 1.807) is 18.3 Å². The molecule has 0 spiro atoms. The summed E-state index contributed by atoms with van der Waals surface area (Å²) in [6, 6.07) is 17.3. The topological polar surface area (TPSA) is 68.0 Å². The van der Waals surface area contributed by atoms with Gasteiger partial charge in [-0.3, -0.25) is 9.78 Å². The van der Waals surface area contributed by atoms with Crippen LogP contribution in [0.15, 0.2) is 60.8 Å². The average Bonchev–Trinajstić information content (AvgIpc) is 2.53. The third kappa shape index (κ3) is 3.00. The minimum atomic E-state index is -0.421. The van der Waals surface area contributed by atoms with Crippen LogP contribution in [0.2, 0.25) is 0 Å². The van der Waals surface area contributed by atoms with Crippen molar-refractivity contribution in [1.82, 2.24) is 4.98 Å². The number of benzene rings is 2. The number of amides is 1. The number of carbonyl (C=O) groups is 1. The van der Waals surface area contributed by atoms with E-state index in [1.807, 2.05) is 36.4 Å². The molecule has 4 heteroatoms. The highest BCUT2D eigenvalue weighted by atomic mass is 16.1. The van der Waals surface area contributed by atoms with E-state index in [0.29, 0.717) is 12.1 Å². The second kappa shape index (κ2) is 5.63. The van der Waals surface area contributed by atoms with Crippen LogP contribution in [0.1, 0.15) is 15.9 Å². The van der Waals surface area contributed by atoms with Gasteiger partial charge in [0, 0.05) is 29.4 Å². The van der Waals surface area contributed by atoms with Crippen LogP contribution in [-0.4, -0.2) is 10.9 Å². The first-order chi connectivity index (χ1) is 10.2. The van der Waals surface area contributed by atoms with E-state index >= 15 is 0 Å². The number of nitrogens with zero attached hydrogens (tertiary/aromatic N) is 1. The summed E-state index contributed by atoms with van der Waals surface area (Å²) >= 11 is 0. The molecule has 2 aromatic carbocycles. The Balaban J connectivity index is 1.77. The molecule has 4 nitrogen and oxygen atoms in total. The van der Waals surface area contributed by atoms with Crippen molar-refractivity contribution in [2.24, 2.45) is 5.73 Å². The van der Waals surface area contributed by atoms with Crippen LogP contribution in [-0.2, 0) is 6.54 Å². The molecule has 1 heterocycles. The van der Waals surface area contributed by atoms with Gasteiger partial charge in [0.15, 0.2) is 0 Å². The molecule has 0 fully saturated rings. The SMILES string of the molecule is NC(=O)c1cccc(NCc2ccc3ncccc3c2)c1. The van der Waals surface area contributed by atoms with Gasteiger partial charge in [0.2, 0.25) is 5.91 Å². The first kappa shape index (κ1) is 13.1. The molecule has 3 N–H and O–H groups in total. The van der Waals surface area contributed by atoms with Gasteiger partial charge >= 0.3 is 0 Å². The number of nitrogens with two attached hydrogens (primary N) is 1. The second-order valence-corrected chi connectivity index (χ2v) is 4.83. The van der Waals surface area contributed by atoms with Crippen LogP contribution in [0.5, 0.6) is 0 Å². The Morgan fingerprint density at radius 2 is 2.00 bits per heavy atom. The molecule has 1 amide bonds. The van der Waals surface area contributed by atoms with Crippen LogP contribution in [0.25, 0.3) is 10.9 Å². The lowest BCUT2D eigenvalue weighted by molar-refractivity contribution is 0.100. The molecule has 0 radical (unpaired) electrons. The van der Waals surface area contributed by atoms with Crippen LogP contribution in [0, 0.1) is 0 Å². The van der Waals surface area contributed by atoms with E-state index in [2.05, 4.69) is 16.4 Å². The largest absolute Gasteiger partial charge is 0.381 e. The molecule has 3 rings (SSSR count). The smallest absolute Gasteiger partial charge is 0.248 e. The zero-order chi connectivity index (χ0) is 14.7. The summed E-state index contributed by atoms with van der Waals surface area (Å²) in [5.74, 6) is -0.421. The van der Waals surface area contributed by atoms with E-state index in [4.69, 9.17) is 5.73 Å². The van der Waals surface area contributed by atoms with Gasteiger partial charge < -0.3 is 11.1 Å². The number of hydrogen-bond donors (Lipinski definition) is 2. The summed E-state index contributed by atoms with van der Waals surface area (Å²) in [6.07, 6.45) is 1.79. The minimum Gasteiger partial charge on any atom is -0.381 e. The predicted molar refractivity (Wildman–Crippen MR) is 84.0 cm³/mol. The maximum absolute atomic E-state index is 11.2. The third-order valence-corrected chi connectivity index (χ3v) is 3.31. The predicted octanol–water partition coefficient (Wildman–Crippen LogP) is 2.95. The molecular weight excluding hydrogens is 262 g/mol. The summed E-state index contributed by atoms with van der Waals surface area (Å²) < 4.78 is 0. The third-order valence-electron chi connectivity index (χ3n) is 3.31. The highest BCUT2D eigenvalue weighted by Gasteiger charge is 2.02. The fourth-order valence-electron chi connectivity index (χ4n) is 2.22. The molecule has 21 heavy (non-hydrogen) atoms. The van der Waals surface area contributed by atoms with E-state index in [-0.39, 0.29) is 0 Å². The fourth-order valence-corrected chi connectivity index (χ4v) is 2.22. The molecule has 0 aliphatic carbocycles. The van der Waals surface area contributed by atoms with E-state index in [1.165, 1.54) is 0 Å². The maximum atomic E-state index is 11.2. The van der Waals surface area contributed by atoms with Gasteiger partial charge in [-0.25, -0.2) is 0 Å². The summed E-state index contributed by atoms with van der Waals surface area (Å²) in [6.45, 7) is 0.674. The van der Waals surface area contributed by atoms with Crippen LogP contribution in [0.3, 0.4) is 0 Å². The van der Waals surface area contributed by atoms with Crippen molar-refractivity contribution in [2.75, 3.05) is 5.32 Å². The normalized spacial score (nSPS) is 10.5. The van der Waals surface area contributed by atoms with Crippen molar-refractivity contribution in [2.45, 2.75) is 6.54 Å². The summed E-state index contributed by atoms with van der Waals surface area (Å²) in [7, 11) is 0. The van der Waals surface area contributed by atoms with Gasteiger partial charge in [0.25, 0.3) is 0 Å². The second-order valence-electron chi connectivity index (χ2n) is 4.83. The monoisotopic (exact) mass is 277 g/mol. The average molecular weight is 277 g/mol. The van der Waals surface area contributed by atoms with Gasteiger partial charge in [-0.15, -0.1) is 0 Å². The first-order valence-electron chi connectivity index (χ1n) is 6.70. The molecule has 104 valence electrons. The number of pyridine rings is 1. The summed E-state index contributed by atoms with van der Waals surface area (Å²) in [5.41, 5.74) is 8.79. The summed E-state index contributed by atoms with van der Waals surface area (Å²) in [4.78, 5) is 15.5. The highest BCUT2D eigenvalue weighted by molar-refractivity contribution is 5.93. The van der Waals surface area contributed by atoms with Crippen molar-refractivity contribution in [1.29, 1.82) is 0 Å². The Morgan fingerprint density at radius 3 is 2.86 bits per heavy atom. The number of aromatic nitrogens is 1. The van der Waals surface area contributed by atoms with E-state index in [0.717, 1.165) is 22.2 Å². The molecule has 3 aromatic rings. The number of primary amides is 1. The van der Waals surface area contributed by atoms with Crippen LogP contribution >= 0.6 is 0 Å². The lowest BCUT2D eigenvalue weighted by Gasteiger charge is -2.08. The van der Waals surface area contributed by atoms with Crippen LogP contribution < -0.4 is 11.1 Å². The number of anilines is 1. The molecule has 0 aliphatic heterocycles. The molecular formula is C17H15N3O. The molecule has 0 saturated heterocycles. The van der Waals surface area contributed by atoms with Gasteiger partial charge in [0.1, 0.15) is 0 Å². The quantitative estimate of drug-likeness (QED) is 0.770. The minimum absolute atomic E-state index is 0.421. The Kier molecular flexibility index (Phi) is 3.51. The molecule has 0 aliphatic rings. The Morgan fingerprint density at radius 1 is 1.10 bits per heavy atom. The maximum Gasteiger partial charge on any atom is 0.248 e. The first-order valence-corrected chi connectivity index (χ1v) is 6.70. The van der Waals surface area contributed by atoms with E-state index in [9.17, 15) is 4.79 Å². The number of nitrogens with one attached hydrogen (secondary N) is 1. The number of rotatable bonds is 4. The lowest BCUT2D eigenvalue weighted by atomic mass is 10.1. The molecule has 0 atom stereocenters. The van der Waals surface area contributed by atoms with Crippen molar-refractivity contribution < 1.29 is 4.79 Å². The molecule has 0 unspecified atom stereocenters. The van der Waals surface area contributed by atoms with Crippen molar-refractivity contribution in [3.05, 3.63) is 71.9 Å². The molecule has 1 aromatic heterocycles.